The van der Waals surface area contributed by atoms with Crippen LogP contribution in [0.4, 0.5) is 5.69 Å². The largest absolute Gasteiger partial charge is 0.495 e. The summed E-state index contributed by atoms with van der Waals surface area (Å²) >= 11 is 0. The number of aromatic nitrogens is 4. The number of hydrogen-bond donors (Lipinski definition) is 0. The maximum atomic E-state index is 12.5. The lowest BCUT2D eigenvalue weighted by molar-refractivity contribution is -0.119. The monoisotopic (exact) mass is 323 g/mol. The predicted molar refractivity (Wildman–Crippen MR) is 89.7 cm³/mol. The van der Waals surface area contributed by atoms with Crippen molar-refractivity contribution in [3.05, 3.63) is 54.6 Å². The molecule has 3 rings (SSSR count). The third kappa shape index (κ3) is 3.24. The molecule has 0 atom stereocenters. The Morgan fingerprint density at radius 1 is 1.12 bits per heavy atom. The van der Waals surface area contributed by atoms with Gasteiger partial charge in [0.1, 0.15) is 12.3 Å². The fourth-order valence-corrected chi connectivity index (χ4v) is 2.28. The van der Waals surface area contributed by atoms with Gasteiger partial charge in [-0.3, -0.25) is 4.79 Å². The minimum absolute atomic E-state index is 0.00557. The Morgan fingerprint density at radius 3 is 2.58 bits per heavy atom. The van der Waals surface area contributed by atoms with Crippen LogP contribution in [0.15, 0.2) is 54.6 Å². The molecule has 0 bridgehead atoms. The van der Waals surface area contributed by atoms with Crippen LogP contribution in [0.3, 0.4) is 0 Å². The van der Waals surface area contributed by atoms with E-state index in [0.717, 1.165) is 5.56 Å². The van der Waals surface area contributed by atoms with Crippen molar-refractivity contribution in [2.24, 2.45) is 0 Å². The van der Waals surface area contributed by atoms with Gasteiger partial charge < -0.3 is 9.64 Å². The van der Waals surface area contributed by atoms with Crippen LogP contribution < -0.4 is 9.64 Å². The Balaban J connectivity index is 1.74. The molecule has 1 aromatic heterocycles. The van der Waals surface area contributed by atoms with E-state index in [0.29, 0.717) is 17.3 Å². The van der Waals surface area contributed by atoms with Crippen molar-refractivity contribution in [3.63, 3.8) is 0 Å². The summed E-state index contributed by atoms with van der Waals surface area (Å²) in [6.45, 7) is -0.00557. The van der Waals surface area contributed by atoms with Gasteiger partial charge in [0.05, 0.1) is 12.8 Å². The SMILES string of the molecule is COc1ccccc1N(C)C(=O)Cn1nnc(-c2ccccc2)n1. The second kappa shape index (κ2) is 6.91. The van der Waals surface area contributed by atoms with E-state index in [1.807, 2.05) is 48.5 Å². The van der Waals surface area contributed by atoms with E-state index in [1.165, 1.54) is 9.70 Å². The number of nitrogens with zero attached hydrogens (tertiary/aromatic N) is 5. The third-order valence-electron chi connectivity index (χ3n) is 3.58. The molecule has 24 heavy (non-hydrogen) atoms. The second-order valence-corrected chi connectivity index (χ2v) is 5.13. The highest BCUT2D eigenvalue weighted by Gasteiger charge is 2.17. The van der Waals surface area contributed by atoms with Gasteiger partial charge in [-0.2, -0.15) is 4.80 Å². The number of anilines is 1. The first-order valence-corrected chi connectivity index (χ1v) is 7.42. The molecule has 122 valence electrons. The van der Waals surface area contributed by atoms with E-state index >= 15 is 0 Å². The number of carbonyl (C=O) groups excluding carboxylic acids is 1. The van der Waals surface area contributed by atoms with Gasteiger partial charge in [0.2, 0.25) is 5.82 Å². The third-order valence-corrected chi connectivity index (χ3v) is 3.58. The molecule has 1 heterocycles. The zero-order valence-corrected chi connectivity index (χ0v) is 13.5. The van der Waals surface area contributed by atoms with Crippen molar-refractivity contribution < 1.29 is 9.53 Å². The highest BCUT2D eigenvalue weighted by Crippen LogP contribution is 2.26. The van der Waals surface area contributed by atoms with E-state index in [-0.39, 0.29) is 12.5 Å². The first-order chi connectivity index (χ1) is 11.7. The van der Waals surface area contributed by atoms with Gasteiger partial charge >= 0.3 is 0 Å². The zero-order valence-electron chi connectivity index (χ0n) is 13.5. The Morgan fingerprint density at radius 2 is 1.83 bits per heavy atom. The quantitative estimate of drug-likeness (QED) is 0.718. The number of ether oxygens (including phenoxy) is 1. The van der Waals surface area contributed by atoms with Gasteiger partial charge in [-0.25, -0.2) is 0 Å². The van der Waals surface area contributed by atoms with Crippen molar-refractivity contribution in [1.82, 2.24) is 20.2 Å². The van der Waals surface area contributed by atoms with Crippen LogP contribution in [-0.4, -0.2) is 40.3 Å². The molecule has 0 aliphatic heterocycles. The summed E-state index contributed by atoms with van der Waals surface area (Å²) in [6.07, 6.45) is 0. The van der Waals surface area contributed by atoms with Crippen molar-refractivity contribution in [2.75, 3.05) is 19.1 Å². The molecule has 0 saturated carbocycles. The maximum absolute atomic E-state index is 12.5. The lowest BCUT2D eigenvalue weighted by Gasteiger charge is -2.19. The number of likely N-dealkylation sites (N-methyl/N-ethyl adjacent to an activating group) is 1. The lowest BCUT2D eigenvalue weighted by atomic mass is 10.2. The van der Waals surface area contributed by atoms with Gasteiger partial charge in [-0.15, -0.1) is 10.2 Å². The fraction of sp³-hybridized carbons (Fsp3) is 0.176. The Kier molecular flexibility index (Phi) is 4.51. The highest BCUT2D eigenvalue weighted by atomic mass is 16.5. The molecule has 0 radical (unpaired) electrons. The fourth-order valence-electron chi connectivity index (χ4n) is 2.28. The predicted octanol–water partition coefficient (Wildman–Crippen LogP) is 2.01. The van der Waals surface area contributed by atoms with Gasteiger partial charge in [0, 0.05) is 12.6 Å². The lowest BCUT2D eigenvalue weighted by Crippen LogP contribution is -2.31. The summed E-state index contributed by atoms with van der Waals surface area (Å²) in [6, 6.07) is 16.8. The number of rotatable bonds is 5. The number of carbonyl (C=O) groups is 1. The summed E-state index contributed by atoms with van der Waals surface area (Å²) in [5.41, 5.74) is 1.54. The molecule has 0 fully saturated rings. The molecule has 0 spiro atoms. The standard InChI is InChI=1S/C17H17N5O2/c1-21(14-10-6-7-11-15(14)24-2)16(23)12-22-19-17(18-20-22)13-8-4-3-5-9-13/h3-11H,12H2,1-2H3. The Hall–Kier alpha value is -3.22. The molecule has 3 aromatic rings. The molecule has 2 aromatic carbocycles. The van der Waals surface area contributed by atoms with Gasteiger partial charge in [0.15, 0.2) is 0 Å². The van der Waals surface area contributed by atoms with Crippen molar-refractivity contribution in [1.29, 1.82) is 0 Å². The molecule has 0 aliphatic carbocycles. The van der Waals surface area contributed by atoms with E-state index in [9.17, 15) is 4.79 Å². The molecule has 0 N–H and O–H groups in total. The summed E-state index contributed by atoms with van der Waals surface area (Å²) in [5, 5.41) is 12.2. The molecule has 0 saturated heterocycles. The first-order valence-electron chi connectivity index (χ1n) is 7.42. The number of benzene rings is 2. The minimum atomic E-state index is -0.170. The average Bonchev–Trinajstić information content (AvgIpc) is 3.10. The van der Waals surface area contributed by atoms with Crippen LogP contribution in [0.2, 0.25) is 0 Å². The Bertz CT molecular complexity index is 832. The summed E-state index contributed by atoms with van der Waals surface area (Å²) in [5.74, 6) is 0.949. The van der Waals surface area contributed by atoms with Crippen LogP contribution >= 0.6 is 0 Å². The van der Waals surface area contributed by atoms with Gasteiger partial charge in [-0.1, -0.05) is 42.5 Å². The zero-order chi connectivity index (χ0) is 16.9. The van der Waals surface area contributed by atoms with E-state index < -0.39 is 0 Å². The van der Waals surface area contributed by atoms with Gasteiger partial charge in [-0.05, 0) is 17.3 Å². The summed E-state index contributed by atoms with van der Waals surface area (Å²) < 4.78 is 5.28. The number of tetrazole rings is 1. The summed E-state index contributed by atoms with van der Waals surface area (Å²) in [7, 11) is 3.26. The molecule has 7 nitrogen and oxygen atoms in total. The number of amides is 1. The van der Waals surface area contributed by atoms with E-state index in [2.05, 4.69) is 15.4 Å². The van der Waals surface area contributed by atoms with Crippen LogP contribution in [0, 0.1) is 0 Å². The molecular weight excluding hydrogens is 306 g/mol. The highest BCUT2D eigenvalue weighted by molar-refractivity contribution is 5.94. The summed E-state index contributed by atoms with van der Waals surface area (Å²) in [4.78, 5) is 15.3. The molecule has 1 amide bonds. The van der Waals surface area contributed by atoms with E-state index in [1.54, 1.807) is 20.2 Å². The number of hydrogen-bond acceptors (Lipinski definition) is 5. The number of para-hydroxylation sites is 2. The van der Waals surface area contributed by atoms with Crippen molar-refractivity contribution >= 4 is 11.6 Å². The molecule has 0 aliphatic rings. The second-order valence-electron chi connectivity index (χ2n) is 5.13. The molecule has 7 heteroatoms. The van der Waals surface area contributed by atoms with Crippen LogP contribution in [0.1, 0.15) is 0 Å². The van der Waals surface area contributed by atoms with E-state index in [4.69, 9.17) is 4.74 Å². The average molecular weight is 323 g/mol. The first kappa shape index (κ1) is 15.7. The normalized spacial score (nSPS) is 10.4. The van der Waals surface area contributed by atoms with Crippen LogP contribution in [0.5, 0.6) is 5.75 Å². The topological polar surface area (TPSA) is 73.1 Å². The smallest absolute Gasteiger partial charge is 0.250 e. The minimum Gasteiger partial charge on any atom is -0.495 e. The van der Waals surface area contributed by atoms with Crippen molar-refractivity contribution in [2.45, 2.75) is 6.54 Å². The van der Waals surface area contributed by atoms with Gasteiger partial charge in [0.25, 0.3) is 5.91 Å². The molecule has 0 unspecified atom stereocenters. The molecular formula is C17H17N5O2. The van der Waals surface area contributed by atoms with Crippen LogP contribution in [-0.2, 0) is 11.3 Å². The van der Waals surface area contributed by atoms with Crippen molar-refractivity contribution in [3.8, 4) is 17.1 Å². The van der Waals surface area contributed by atoms with Crippen LogP contribution in [0.25, 0.3) is 11.4 Å². The maximum Gasteiger partial charge on any atom is 0.250 e. The Labute approximate surface area is 139 Å². The number of methoxy groups -OCH3 is 1.